The summed E-state index contributed by atoms with van der Waals surface area (Å²) in [5, 5.41) is 5.98. The molecule has 13 nitrogen and oxygen atoms in total. The molecule has 3 rings (SSSR count). The minimum absolute atomic E-state index is 0.00788. The number of rotatable bonds is 9. The summed E-state index contributed by atoms with van der Waals surface area (Å²) in [7, 11) is 2.50. The van der Waals surface area contributed by atoms with E-state index in [1.807, 2.05) is 20.8 Å². The van der Waals surface area contributed by atoms with Gasteiger partial charge in [-0.15, -0.1) is 11.3 Å². The van der Waals surface area contributed by atoms with E-state index in [4.69, 9.17) is 28.0 Å². The van der Waals surface area contributed by atoms with Crippen LogP contribution in [0.15, 0.2) is 24.3 Å². The van der Waals surface area contributed by atoms with E-state index in [2.05, 4.69) is 26.4 Å². The lowest BCUT2D eigenvalue weighted by atomic mass is 9.89. The fourth-order valence-electron chi connectivity index (χ4n) is 4.47. The molecule has 1 unspecified atom stereocenters. The summed E-state index contributed by atoms with van der Waals surface area (Å²) in [6.07, 6.45) is -0.458. The summed E-state index contributed by atoms with van der Waals surface area (Å²) in [5.74, 6) is -2.45. The van der Waals surface area contributed by atoms with Gasteiger partial charge in [0.1, 0.15) is 17.1 Å². The Bertz CT molecular complexity index is 1410. The van der Waals surface area contributed by atoms with Crippen LogP contribution < -0.4 is 21.6 Å². The monoisotopic (exact) mass is 656 g/mol. The third kappa shape index (κ3) is 7.95. The van der Waals surface area contributed by atoms with E-state index in [1.54, 1.807) is 24.3 Å². The summed E-state index contributed by atoms with van der Waals surface area (Å²) >= 11 is 13.5. The molecule has 1 aromatic heterocycles. The molecule has 1 atom stereocenters. The molecule has 2 aromatic rings. The van der Waals surface area contributed by atoms with Gasteiger partial charge in [-0.2, -0.15) is 0 Å². The number of nitrogens with one attached hydrogen (secondary N) is 4. The van der Waals surface area contributed by atoms with Gasteiger partial charge in [0.25, 0.3) is 11.8 Å². The van der Waals surface area contributed by atoms with E-state index >= 15 is 0 Å². The third-order valence-corrected chi connectivity index (χ3v) is 8.88. The number of carbonyl (C=O) groups excluding carboxylic acids is 5. The van der Waals surface area contributed by atoms with Crippen molar-refractivity contribution in [3.63, 3.8) is 0 Å². The Kier molecular flexibility index (Phi) is 11.0. The zero-order valence-corrected chi connectivity index (χ0v) is 26.9. The molecule has 1 aromatic carbocycles. The standard InChI is InChI=1S/C27H34Cl2N6O7S/c1-26(2,3)18-12-15(22(43-18)31-25(40)30-17-9-7-8-16(28)21(17)29)23(38)35-11-10-34(14-20(37)33-42-6)24(39)27(35,4)13-19(36)32-41-5/h7-9,12H,10-11,13-14H2,1-6H3,(H,32,36)(H,33,37)(H2,30,31,40). The second-order valence-electron chi connectivity index (χ2n) is 10.9. The molecule has 4 N–H and O–H groups in total. The molecule has 234 valence electrons. The first-order valence-corrected chi connectivity index (χ1v) is 14.6. The Morgan fingerprint density at radius 3 is 2.30 bits per heavy atom. The van der Waals surface area contributed by atoms with Crippen LogP contribution in [0.4, 0.5) is 15.5 Å². The summed E-state index contributed by atoms with van der Waals surface area (Å²) in [6.45, 7) is 6.96. The first-order chi connectivity index (χ1) is 20.1. The van der Waals surface area contributed by atoms with Crippen LogP contribution in [0.5, 0.6) is 0 Å². The zero-order chi connectivity index (χ0) is 32.1. The summed E-state index contributed by atoms with van der Waals surface area (Å²) in [4.78, 5) is 78.5. The molecule has 2 heterocycles. The number of halogens is 2. The van der Waals surface area contributed by atoms with Gasteiger partial charge in [-0.05, 0) is 30.5 Å². The highest BCUT2D eigenvalue weighted by atomic mass is 35.5. The zero-order valence-electron chi connectivity index (χ0n) is 24.6. The fourth-order valence-corrected chi connectivity index (χ4v) is 5.92. The molecule has 0 saturated carbocycles. The molecule has 16 heteroatoms. The van der Waals surface area contributed by atoms with Crippen molar-refractivity contribution in [2.75, 3.05) is 44.5 Å². The minimum atomic E-state index is -1.71. The maximum atomic E-state index is 14.2. The molecule has 0 radical (unpaired) electrons. The van der Waals surface area contributed by atoms with Gasteiger partial charge < -0.3 is 15.1 Å². The molecule has 1 aliphatic rings. The van der Waals surface area contributed by atoms with Crippen LogP contribution in [0.2, 0.25) is 10.0 Å². The van der Waals surface area contributed by atoms with Crippen molar-refractivity contribution in [3.8, 4) is 0 Å². The number of amides is 6. The molecule has 1 aliphatic heterocycles. The smallest absolute Gasteiger partial charge is 0.324 e. The van der Waals surface area contributed by atoms with Crippen molar-refractivity contribution in [2.45, 2.75) is 45.1 Å². The Balaban J connectivity index is 1.99. The summed E-state index contributed by atoms with van der Waals surface area (Å²) in [6, 6.07) is 5.76. The molecule has 43 heavy (non-hydrogen) atoms. The number of thiophene rings is 1. The van der Waals surface area contributed by atoms with E-state index in [0.717, 1.165) is 4.88 Å². The number of hydrogen-bond acceptors (Lipinski definition) is 8. The number of nitrogens with zero attached hydrogens (tertiary/aromatic N) is 2. The molecule has 1 saturated heterocycles. The van der Waals surface area contributed by atoms with Gasteiger partial charge in [0.2, 0.25) is 11.8 Å². The van der Waals surface area contributed by atoms with E-state index in [0.29, 0.717) is 0 Å². The van der Waals surface area contributed by atoms with Crippen molar-refractivity contribution in [1.29, 1.82) is 0 Å². The lowest BCUT2D eigenvalue weighted by Crippen LogP contribution is -2.67. The number of carbonyl (C=O) groups is 5. The van der Waals surface area contributed by atoms with Gasteiger partial charge in [-0.3, -0.25) is 34.2 Å². The average Bonchev–Trinajstić information content (AvgIpc) is 3.34. The summed E-state index contributed by atoms with van der Waals surface area (Å²) in [5.41, 5.74) is 2.63. The number of hydrogen-bond donors (Lipinski definition) is 4. The second kappa shape index (κ2) is 13.9. The van der Waals surface area contributed by atoms with Gasteiger partial charge in [0, 0.05) is 18.0 Å². The van der Waals surface area contributed by atoms with Crippen molar-refractivity contribution < 1.29 is 33.6 Å². The van der Waals surface area contributed by atoms with E-state index < -0.39 is 47.0 Å². The lowest BCUT2D eigenvalue weighted by Gasteiger charge is -2.47. The van der Waals surface area contributed by atoms with Gasteiger partial charge >= 0.3 is 6.03 Å². The predicted octanol–water partition coefficient (Wildman–Crippen LogP) is 3.78. The van der Waals surface area contributed by atoms with Crippen LogP contribution in [-0.2, 0) is 29.5 Å². The van der Waals surface area contributed by atoms with Crippen LogP contribution >= 0.6 is 34.5 Å². The number of urea groups is 1. The molecular formula is C27H34Cl2N6O7S. The molecule has 0 bridgehead atoms. The second-order valence-corrected chi connectivity index (χ2v) is 12.7. The third-order valence-electron chi connectivity index (χ3n) is 6.58. The van der Waals surface area contributed by atoms with Gasteiger partial charge in [-0.1, -0.05) is 50.0 Å². The quantitative estimate of drug-likeness (QED) is 0.299. The molecular weight excluding hydrogens is 623 g/mol. The highest BCUT2D eigenvalue weighted by molar-refractivity contribution is 7.16. The first-order valence-electron chi connectivity index (χ1n) is 13.0. The van der Waals surface area contributed by atoms with E-state index in [1.165, 1.54) is 42.3 Å². The normalized spacial score (nSPS) is 17.0. The molecule has 0 aliphatic carbocycles. The number of anilines is 2. The van der Waals surface area contributed by atoms with Crippen LogP contribution in [0.1, 0.15) is 49.4 Å². The van der Waals surface area contributed by atoms with Gasteiger partial charge in [0.05, 0.1) is 41.9 Å². The number of benzene rings is 1. The Morgan fingerprint density at radius 2 is 1.67 bits per heavy atom. The minimum Gasteiger partial charge on any atom is -0.329 e. The van der Waals surface area contributed by atoms with Crippen molar-refractivity contribution in [1.82, 2.24) is 20.8 Å². The number of hydroxylamine groups is 2. The van der Waals surface area contributed by atoms with Crippen LogP contribution in [0, 0.1) is 0 Å². The maximum absolute atomic E-state index is 14.2. The fraction of sp³-hybridized carbons (Fsp3) is 0.444. The van der Waals surface area contributed by atoms with Gasteiger partial charge in [-0.25, -0.2) is 15.8 Å². The molecule has 1 fully saturated rings. The predicted molar refractivity (Wildman–Crippen MR) is 163 cm³/mol. The first kappa shape index (κ1) is 34.1. The Labute approximate surface area is 263 Å². The highest BCUT2D eigenvalue weighted by Gasteiger charge is 2.50. The Hall–Kier alpha value is -3.43. The van der Waals surface area contributed by atoms with Crippen LogP contribution in [0.3, 0.4) is 0 Å². The average molecular weight is 658 g/mol. The Morgan fingerprint density at radius 1 is 1.02 bits per heavy atom. The van der Waals surface area contributed by atoms with Crippen LogP contribution in [-0.4, -0.2) is 78.9 Å². The largest absolute Gasteiger partial charge is 0.329 e. The lowest BCUT2D eigenvalue weighted by molar-refractivity contribution is -0.155. The van der Waals surface area contributed by atoms with Crippen molar-refractivity contribution in [3.05, 3.63) is 44.8 Å². The van der Waals surface area contributed by atoms with Gasteiger partial charge in [0.15, 0.2) is 0 Å². The highest BCUT2D eigenvalue weighted by Crippen LogP contribution is 2.39. The van der Waals surface area contributed by atoms with Crippen molar-refractivity contribution in [2.24, 2.45) is 0 Å². The SMILES string of the molecule is CONC(=O)CN1CCN(C(=O)c2cc(C(C)(C)C)sc2NC(=O)Nc2cccc(Cl)c2Cl)C(C)(CC(=O)NOC)C1=O. The van der Waals surface area contributed by atoms with E-state index in [-0.39, 0.29) is 45.9 Å². The molecule has 6 amide bonds. The maximum Gasteiger partial charge on any atom is 0.324 e. The van der Waals surface area contributed by atoms with Crippen molar-refractivity contribution >= 4 is 74.9 Å². The summed E-state index contributed by atoms with van der Waals surface area (Å²) < 4.78 is 0. The number of piperazine rings is 1. The van der Waals surface area contributed by atoms with E-state index in [9.17, 15) is 24.0 Å². The molecule has 0 spiro atoms. The van der Waals surface area contributed by atoms with Crippen LogP contribution in [0.25, 0.3) is 0 Å². The topological polar surface area (TPSA) is 158 Å².